The predicted octanol–water partition coefficient (Wildman–Crippen LogP) is 2.06. The van der Waals surface area contributed by atoms with Gasteiger partial charge in [-0.25, -0.2) is 0 Å². The number of nitrogens with zero attached hydrogens (tertiary/aromatic N) is 3. The van der Waals surface area contributed by atoms with E-state index in [4.69, 9.17) is 0 Å². The molecular weight excluding hydrogens is 316 g/mol. The van der Waals surface area contributed by atoms with E-state index in [2.05, 4.69) is 10.2 Å². The van der Waals surface area contributed by atoms with Crippen molar-refractivity contribution in [2.75, 3.05) is 32.0 Å². The molecule has 0 radical (unpaired) electrons. The molecule has 0 spiro atoms. The van der Waals surface area contributed by atoms with Crippen LogP contribution in [-0.4, -0.2) is 46.5 Å². The summed E-state index contributed by atoms with van der Waals surface area (Å²) in [6, 6.07) is 1.21. The van der Waals surface area contributed by atoms with Crippen LogP contribution in [0.1, 0.15) is 24.0 Å². The second-order valence-corrected chi connectivity index (χ2v) is 6.23. The van der Waals surface area contributed by atoms with Gasteiger partial charge < -0.3 is 15.3 Å². The second kappa shape index (κ2) is 7.54. The van der Waals surface area contributed by atoms with Crippen LogP contribution in [-0.2, 0) is 6.61 Å². The van der Waals surface area contributed by atoms with Crippen molar-refractivity contribution in [1.82, 2.24) is 4.90 Å². The molecule has 9 heteroatoms. The Bertz CT molecular complexity index is 649. The van der Waals surface area contributed by atoms with E-state index in [0.29, 0.717) is 6.54 Å². The number of rotatable bonds is 6. The summed E-state index contributed by atoms with van der Waals surface area (Å²) in [6.07, 6.45) is 2.02. The van der Waals surface area contributed by atoms with Crippen LogP contribution < -0.4 is 5.32 Å². The van der Waals surface area contributed by atoms with Crippen LogP contribution in [0.15, 0.2) is 6.07 Å². The van der Waals surface area contributed by atoms with Gasteiger partial charge in [-0.05, 0) is 44.8 Å². The molecule has 1 aliphatic rings. The summed E-state index contributed by atoms with van der Waals surface area (Å²) in [4.78, 5) is 23.7. The minimum Gasteiger partial charge on any atom is -0.392 e. The number of nitro groups is 2. The Labute approximate surface area is 139 Å². The molecule has 0 aliphatic carbocycles. The van der Waals surface area contributed by atoms with Gasteiger partial charge in [-0.1, -0.05) is 0 Å². The number of likely N-dealkylation sites (tertiary alicyclic amines) is 1. The second-order valence-electron chi connectivity index (χ2n) is 6.23. The lowest BCUT2D eigenvalue weighted by Gasteiger charge is -2.29. The number of anilines is 1. The number of hydrogen-bond acceptors (Lipinski definition) is 7. The lowest BCUT2D eigenvalue weighted by Crippen LogP contribution is -2.35. The molecular formula is C15H22N4O5. The summed E-state index contributed by atoms with van der Waals surface area (Å²) in [5.74, 6) is 0.279. The Morgan fingerprint density at radius 3 is 2.62 bits per heavy atom. The van der Waals surface area contributed by atoms with Gasteiger partial charge in [0.1, 0.15) is 0 Å². The monoisotopic (exact) mass is 338 g/mol. The van der Waals surface area contributed by atoms with E-state index < -0.39 is 16.5 Å². The first kappa shape index (κ1) is 18.1. The highest BCUT2D eigenvalue weighted by Crippen LogP contribution is 2.39. The molecule has 132 valence electrons. The van der Waals surface area contributed by atoms with Gasteiger partial charge >= 0.3 is 5.69 Å². The molecule has 1 aromatic carbocycles. The van der Waals surface area contributed by atoms with Gasteiger partial charge in [0.05, 0.1) is 16.5 Å². The third-order valence-corrected chi connectivity index (χ3v) is 4.48. The molecule has 1 aromatic rings. The zero-order valence-corrected chi connectivity index (χ0v) is 13.8. The summed E-state index contributed by atoms with van der Waals surface area (Å²) in [5, 5.41) is 35.0. The summed E-state index contributed by atoms with van der Waals surface area (Å²) >= 11 is 0. The summed E-state index contributed by atoms with van der Waals surface area (Å²) in [5.41, 5.74) is -0.349. The van der Waals surface area contributed by atoms with E-state index in [-0.39, 0.29) is 34.1 Å². The van der Waals surface area contributed by atoms with Crippen molar-refractivity contribution < 1.29 is 15.0 Å². The topological polar surface area (TPSA) is 122 Å². The molecule has 24 heavy (non-hydrogen) atoms. The molecule has 1 aliphatic heterocycles. The number of hydrogen-bond donors (Lipinski definition) is 2. The number of benzene rings is 1. The molecule has 0 bridgehead atoms. The lowest BCUT2D eigenvalue weighted by molar-refractivity contribution is -0.392. The van der Waals surface area contributed by atoms with Gasteiger partial charge in [-0.15, -0.1) is 0 Å². The van der Waals surface area contributed by atoms with E-state index in [1.165, 1.54) is 13.0 Å². The fraction of sp³-hybridized carbons (Fsp3) is 0.600. The van der Waals surface area contributed by atoms with Gasteiger partial charge in [0.15, 0.2) is 5.69 Å². The maximum absolute atomic E-state index is 11.4. The lowest BCUT2D eigenvalue weighted by atomic mass is 9.98. The van der Waals surface area contributed by atoms with Crippen molar-refractivity contribution in [3.63, 3.8) is 0 Å². The minimum atomic E-state index is -0.652. The van der Waals surface area contributed by atoms with Crippen LogP contribution >= 0.6 is 0 Å². The van der Waals surface area contributed by atoms with Crippen molar-refractivity contribution in [3.05, 3.63) is 37.4 Å². The number of nitro benzene ring substituents is 2. The maximum atomic E-state index is 11.4. The average Bonchev–Trinajstić information content (AvgIpc) is 2.52. The SMILES string of the molecule is Cc1c(CO)cc([N+](=O)[O-])c(NCC2CCCN(C)C2)c1[N+](=O)[O-]. The van der Waals surface area contributed by atoms with Gasteiger partial charge in [0.25, 0.3) is 5.69 Å². The van der Waals surface area contributed by atoms with Gasteiger partial charge in [0.2, 0.25) is 0 Å². The van der Waals surface area contributed by atoms with Crippen LogP contribution in [0.4, 0.5) is 17.1 Å². The Balaban J connectivity index is 2.37. The summed E-state index contributed by atoms with van der Waals surface area (Å²) in [6.45, 7) is 3.31. The van der Waals surface area contributed by atoms with Crippen LogP contribution in [0.5, 0.6) is 0 Å². The first-order chi connectivity index (χ1) is 11.3. The predicted molar refractivity (Wildman–Crippen MR) is 89.1 cm³/mol. The zero-order valence-electron chi connectivity index (χ0n) is 13.8. The minimum absolute atomic E-state index is 0.0760. The molecule has 2 rings (SSSR count). The fourth-order valence-electron chi connectivity index (χ4n) is 3.20. The molecule has 2 N–H and O–H groups in total. The Morgan fingerprint density at radius 1 is 1.38 bits per heavy atom. The first-order valence-corrected chi connectivity index (χ1v) is 7.83. The van der Waals surface area contributed by atoms with Crippen molar-refractivity contribution in [2.45, 2.75) is 26.4 Å². The molecule has 1 atom stereocenters. The van der Waals surface area contributed by atoms with Crippen LogP contribution in [0.3, 0.4) is 0 Å². The van der Waals surface area contributed by atoms with E-state index in [0.717, 1.165) is 25.9 Å². The molecule has 0 aromatic heterocycles. The smallest absolute Gasteiger partial charge is 0.302 e. The average molecular weight is 338 g/mol. The third kappa shape index (κ3) is 3.80. The zero-order chi connectivity index (χ0) is 17.9. The highest BCUT2D eigenvalue weighted by atomic mass is 16.6. The van der Waals surface area contributed by atoms with Gasteiger partial charge in [0, 0.05) is 24.7 Å². The van der Waals surface area contributed by atoms with Crippen LogP contribution in [0.25, 0.3) is 0 Å². The molecule has 1 heterocycles. The highest BCUT2D eigenvalue weighted by Gasteiger charge is 2.30. The van der Waals surface area contributed by atoms with E-state index >= 15 is 0 Å². The van der Waals surface area contributed by atoms with Crippen LogP contribution in [0.2, 0.25) is 0 Å². The van der Waals surface area contributed by atoms with E-state index in [9.17, 15) is 25.3 Å². The van der Waals surface area contributed by atoms with E-state index in [1.54, 1.807) is 0 Å². The third-order valence-electron chi connectivity index (χ3n) is 4.48. The number of piperidine rings is 1. The molecule has 0 amide bonds. The first-order valence-electron chi connectivity index (χ1n) is 7.83. The highest BCUT2D eigenvalue weighted by molar-refractivity contribution is 5.77. The largest absolute Gasteiger partial charge is 0.392 e. The maximum Gasteiger partial charge on any atom is 0.302 e. The van der Waals surface area contributed by atoms with Crippen molar-refractivity contribution >= 4 is 17.1 Å². The van der Waals surface area contributed by atoms with Crippen LogP contribution in [0, 0.1) is 33.1 Å². The summed E-state index contributed by atoms with van der Waals surface area (Å²) in [7, 11) is 2.01. The molecule has 9 nitrogen and oxygen atoms in total. The quantitative estimate of drug-likeness (QED) is 0.601. The van der Waals surface area contributed by atoms with E-state index in [1.807, 2.05) is 7.05 Å². The molecule has 1 fully saturated rings. The Kier molecular flexibility index (Phi) is 5.68. The number of nitrogens with one attached hydrogen (secondary N) is 1. The van der Waals surface area contributed by atoms with Crippen molar-refractivity contribution in [1.29, 1.82) is 0 Å². The number of aliphatic hydroxyl groups is 1. The van der Waals surface area contributed by atoms with Gasteiger partial charge in [-0.2, -0.15) is 0 Å². The standard InChI is InChI=1S/C15H22N4O5/c1-10-12(9-20)6-13(18(21)22)14(15(10)19(23)24)16-7-11-4-3-5-17(2)8-11/h6,11,16,20H,3-5,7-9H2,1-2H3. The molecule has 1 unspecified atom stereocenters. The Hall–Kier alpha value is -2.26. The Morgan fingerprint density at radius 2 is 2.08 bits per heavy atom. The number of aliphatic hydroxyl groups excluding tert-OH is 1. The molecule has 0 saturated carbocycles. The van der Waals surface area contributed by atoms with Gasteiger partial charge in [-0.3, -0.25) is 20.2 Å². The van der Waals surface area contributed by atoms with Crippen molar-refractivity contribution in [3.8, 4) is 0 Å². The molecule has 1 saturated heterocycles. The fourth-order valence-corrected chi connectivity index (χ4v) is 3.20. The summed E-state index contributed by atoms with van der Waals surface area (Å²) < 4.78 is 0. The normalized spacial score (nSPS) is 18.4. The van der Waals surface area contributed by atoms with Crippen molar-refractivity contribution in [2.24, 2.45) is 5.92 Å².